The Bertz CT molecular complexity index is 1020. The number of ether oxygens (including phenoxy) is 1. The summed E-state index contributed by atoms with van der Waals surface area (Å²) < 4.78 is 5.40. The number of hydrogen-bond donors (Lipinski definition) is 1. The third kappa shape index (κ3) is 3.81. The van der Waals surface area contributed by atoms with Gasteiger partial charge in [0.15, 0.2) is 0 Å². The summed E-state index contributed by atoms with van der Waals surface area (Å²) in [5.74, 6) is 0.638. The van der Waals surface area contributed by atoms with E-state index in [-0.39, 0.29) is 11.8 Å². The predicted molar refractivity (Wildman–Crippen MR) is 108 cm³/mol. The summed E-state index contributed by atoms with van der Waals surface area (Å²) in [6, 6.07) is 4.35. The van der Waals surface area contributed by atoms with E-state index in [2.05, 4.69) is 30.2 Å². The molecule has 2 fully saturated rings. The summed E-state index contributed by atoms with van der Waals surface area (Å²) in [7, 11) is 0. The molecule has 1 amide bonds. The average Bonchev–Trinajstić information content (AvgIpc) is 2.73. The monoisotopic (exact) mass is 390 g/mol. The van der Waals surface area contributed by atoms with Crippen molar-refractivity contribution in [1.29, 1.82) is 0 Å². The number of nitrogens with one attached hydrogen (secondary N) is 1. The zero-order chi connectivity index (χ0) is 19.6. The van der Waals surface area contributed by atoms with Crippen LogP contribution in [0.1, 0.15) is 12.8 Å². The zero-order valence-electron chi connectivity index (χ0n) is 16.0. The van der Waals surface area contributed by atoms with E-state index in [9.17, 15) is 4.79 Å². The maximum Gasteiger partial charge on any atom is 0.228 e. The maximum atomic E-state index is 12.6. The first-order chi connectivity index (χ1) is 14.3. The largest absolute Gasteiger partial charge is 0.379 e. The number of carbonyl (C=O) groups is 1. The van der Waals surface area contributed by atoms with Crippen LogP contribution in [0.4, 0.5) is 5.82 Å². The van der Waals surface area contributed by atoms with E-state index in [1.54, 1.807) is 31.0 Å². The Hall–Kier alpha value is -2.97. The van der Waals surface area contributed by atoms with Gasteiger partial charge in [0, 0.05) is 54.6 Å². The van der Waals surface area contributed by atoms with Gasteiger partial charge in [-0.05, 0) is 25.0 Å². The van der Waals surface area contributed by atoms with E-state index in [1.807, 2.05) is 12.1 Å². The van der Waals surface area contributed by atoms with E-state index >= 15 is 0 Å². The Morgan fingerprint density at radius 3 is 2.69 bits per heavy atom. The standard InChI is InChI=1S/C21H22N6O2/c28-21(15-8-17(9-15)27-3-5-29-6-4-27)26-20-10-14-7-16(11-24-19(14)13-25-20)18-12-22-1-2-23-18/h1-2,7,10-13,15,17H,3-6,8-9H2,(H,25,26,28). The Morgan fingerprint density at radius 2 is 1.90 bits per heavy atom. The Kier molecular flexibility index (Phi) is 4.87. The molecule has 1 N–H and O–H groups in total. The Balaban J connectivity index is 1.26. The van der Waals surface area contributed by atoms with Crippen LogP contribution in [0.5, 0.6) is 0 Å². The quantitative estimate of drug-likeness (QED) is 0.729. The molecule has 0 atom stereocenters. The second-order valence-corrected chi connectivity index (χ2v) is 7.54. The Morgan fingerprint density at radius 1 is 1.03 bits per heavy atom. The van der Waals surface area contributed by atoms with Crippen molar-refractivity contribution in [1.82, 2.24) is 24.8 Å². The fourth-order valence-corrected chi connectivity index (χ4v) is 3.96. The highest BCUT2D eigenvalue weighted by Gasteiger charge is 2.38. The first-order valence-corrected chi connectivity index (χ1v) is 9.91. The van der Waals surface area contributed by atoms with Crippen molar-refractivity contribution in [3.05, 3.63) is 43.1 Å². The molecule has 1 aliphatic heterocycles. The van der Waals surface area contributed by atoms with E-state index in [0.29, 0.717) is 11.9 Å². The molecule has 5 rings (SSSR count). The van der Waals surface area contributed by atoms with Gasteiger partial charge in [0.2, 0.25) is 5.91 Å². The number of nitrogens with zero attached hydrogens (tertiary/aromatic N) is 5. The highest BCUT2D eigenvalue weighted by Crippen LogP contribution is 2.33. The number of amides is 1. The first kappa shape index (κ1) is 18.1. The summed E-state index contributed by atoms with van der Waals surface area (Å²) in [4.78, 5) is 32.3. The number of rotatable bonds is 4. The van der Waals surface area contributed by atoms with Gasteiger partial charge in [-0.3, -0.25) is 24.6 Å². The second kappa shape index (κ2) is 7.81. The van der Waals surface area contributed by atoms with Crippen molar-refractivity contribution in [2.45, 2.75) is 18.9 Å². The van der Waals surface area contributed by atoms with Gasteiger partial charge in [-0.1, -0.05) is 0 Å². The minimum absolute atomic E-state index is 0.0411. The van der Waals surface area contributed by atoms with Crippen molar-refractivity contribution in [3.63, 3.8) is 0 Å². The van der Waals surface area contributed by atoms with Crippen LogP contribution in [0.25, 0.3) is 22.2 Å². The van der Waals surface area contributed by atoms with Crippen molar-refractivity contribution in [2.75, 3.05) is 31.6 Å². The minimum Gasteiger partial charge on any atom is -0.379 e. The van der Waals surface area contributed by atoms with Crippen molar-refractivity contribution < 1.29 is 9.53 Å². The van der Waals surface area contributed by atoms with Gasteiger partial charge in [-0.15, -0.1) is 0 Å². The zero-order valence-corrected chi connectivity index (χ0v) is 16.0. The number of morpholine rings is 1. The van der Waals surface area contributed by atoms with Crippen molar-refractivity contribution >= 4 is 22.6 Å². The molecule has 0 spiro atoms. The first-order valence-electron chi connectivity index (χ1n) is 9.91. The maximum absolute atomic E-state index is 12.6. The molecule has 4 heterocycles. The lowest BCUT2D eigenvalue weighted by Gasteiger charge is -2.43. The van der Waals surface area contributed by atoms with Gasteiger partial charge >= 0.3 is 0 Å². The molecule has 8 heteroatoms. The van der Waals surface area contributed by atoms with E-state index in [4.69, 9.17) is 4.74 Å². The molecule has 1 aliphatic carbocycles. The van der Waals surface area contributed by atoms with E-state index in [1.165, 1.54) is 0 Å². The van der Waals surface area contributed by atoms with Crippen LogP contribution in [-0.4, -0.2) is 63.1 Å². The third-order valence-electron chi connectivity index (χ3n) is 5.72. The molecule has 8 nitrogen and oxygen atoms in total. The molecule has 2 aliphatic rings. The summed E-state index contributed by atoms with van der Waals surface area (Å²) in [6.07, 6.45) is 10.2. The number of pyridine rings is 2. The summed E-state index contributed by atoms with van der Waals surface area (Å²) in [5.41, 5.74) is 2.40. The van der Waals surface area contributed by atoms with Crippen LogP contribution in [0.15, 0.2) is 43.1 Å². The topological polar surface area (TPSA) is 93.1 Å². The molecule has 1 saturated heterocycles. The van der Waals surface area contributed by atoms with Gasteiger partial charge in [0.25, 0.3) is 0 Å². The van der Waals surface area contributed by atoms with Gasteiger partial charge in [0.1, 0.15) is 5.82 Å². The van der Waals surface area contributed by atoms with Crippen LogP contribution in [0, 0.1) is 5.92 Å². The molecule has 0 bridgehead atoms. The van der Waals surface area contributed by atoms with Crippen LogP contribution in [0.3, 0.4) is 0 Å². The molecule has 29 heavy (non-hydrogen) atoms. The lowest BCUT2D eigenvalue weighted by atomic mass is 9.78. The Labute approximate surface area is 168 Å². The normalized spacial score (nSPS) is 22.2. The smallest absolute Gasteiger partial charge is 0.228 e. The molecule has 1 saturated carbocycles. The van der Waals surface area contributed by atoms with Crippen molar-refractivity contribution in [2.24, 2.45) is 5.92 Å². The molecular weight excluding hydrogens is 368 g/mol. The van der Waals surface area contributed by atoms with Gasteiger partial charge in [0.05, 0.1) is 36.8 Å². The van der Waals surface area contributed by atoms with Gasteiger partial charge < -0.3 is 10.1 Å². The number of fused-ring (bicyclic) bond motifs is 1. The predicted octanol–water partition coefficient (Wildman–Crippen LogP) is 2.14. The molecule has 0 aromatic carbocycles. The fourth-order valence-electron chi connectivity index (χ4n) is 3.96. The minimum atomic E-state index is 0.0411. The van der Waals surface area contributed by atoms with Gasteiger partial charge in [-0.25, -0.2) is 4.98 Å². The van der Waals surface area contributed by atoms with E-state index < -0.39 is 0 Å². The van der Waals surface area contributed by atoms with Crippen LogP contribution < -0.4 is 5.32 Å². The molecular formula is C21H22N6O2. The fraction of sp³-hybridized carbons (Fsp3) is 0.381. The highest BCUT2D eigenvalue weighted by molar-refractivity contribution is 5.94. The van der Waals surface area contributed by atoms with Crippen LogP contribution in [-0.2, 0) is 9.53 Å². The molecule has 0 radical (unpaired) electrons. The molecule has 3 aromatic heterocycles. The number of aromatic nitrogens is 4. The van der Waals surface area contributed by atoms with Crippen molar-refractivity contribution in [3.8, 4) is 11.3 Å². The van der Waals surface area contributed by atoms with E-state index in [0.717, 1.165) is 61.3 Å². The molecule has 0 unspecified atom stereocenters. The lowest BCUT2D eigenvalue weighted by molar-refractivity contribution is -0.125. The van der Waals surface area contributed by atoms with Crippen LogP contribution in [0.2, 0.25) is 0 Å². The summed E-state index contributed by atoms with van der Waals surface area (Å²) in [5, 5.41) is 3.87. The SMILES string of the molecule is O=C(Nc1cc2cc(-c3cnccn3)cnc2cn1)C1CC(N2CCOCC2)C1. The van der Waals surface area contributed by atoms with Gasteiger partial charge in [-0.2, -0.15) is 0 Å². The number of anilines is 1. The third-order valence-corrected chi connectivity index (χ3v) is 5.72. The highest BCUT2D eigenvalue weighted by atomic mass is 16.5. The second-order valence-electron chi connectivity index (χ2n) is 7.54. The summed E-state index contributed by atoms with van der Waals surface area (Å²) >= 11 is 0. The number of carbonyl (C=O) groups excluding carboxylic acids is 1. The molecule has 148 valence electrons. The molecule has 3 aromatic rings. The summed E-state index contributed by atoms with van der Waals surface area (Å²) in [6.45, 7) is 3.51. The lowest BCUT2D eigenvalue weighted by Crippen LogP contribution is -2.52. The average molecular weight is 390 g/mol. The number of hydrogen-bond acceptors (Lipinski definition) is 7. The van der Waals surface area contributed by atoms with Crippen LogP contribution >= 0.6 is 0 Å².